The minimum atomic E-state index is 0.248. The number of carbonyl (C=O) groups excluding carboxylic acids is 1. The Morgan fingerprint density at radius 1 is 1.41 bits per heavy atom. The molecule has 1 atom stereocenters. The summed E-state index contributed by atoms with van der Waals surface area (Å²) in [6.07, 6.45) is 7.44. The van der Waals surface area contributed by atoms with Crippen molar-refractivity contribution < 1.29 is 4.79 Å². The van der Waals surface area contributed by atoms with Gasteiger partial charge in [-0.3, -0.25) is 4.79 Å². The quantitative estimate of drug-likeness (QED) is 0.671. The fraction of sp³-hybridized carbons (Fsp3) is 0.929. The number of nitrogens with zero attached hydrogens (tertiary/aromatic N) is 1. The molecule has 3 heteroatoms. The Labute approximate surface area is 106 Å². The maximum Gasteiger partial charge on any atom is 0.236 e. The molecule has 0 spiro atoms. The van der Waals surface area contributed by atoms with E-state index in [-0.39, 0.29) is 5.91 Å². The van der Waals surface area contributed by atoms with Gasteiger partial charge < -0.3 is 10.2 Å². The van der Waals surface area contributed by atoms with Crippen molar-refractivity contribution in [3.05, 3.63) is 0 Å². The number of carbonyl (C=O) groups is 1. The summed E-state index contributed by atoms with van der Waals surface area (Å²) in [5, 5.41) is 3.32. The lowest BCUT2D eigenvalue weighted by atomic mass is 9.99. The Morgan fingerprint density at radius 2 is 2.12 bits per heavy atom. The molecule has 0 aromatic carbocycles. The number of rotatable bonds is 9. The van der Waals surface area contributed by atoms with E-state index in [9.17, 15) is 4.79 Å². The van der Waals surface area contributed by atoms with Crippen molar-refractivity contribution in [3.63, 3.8) is 0 Å². The van der Waals surface area contributed by atoms with Crippen LogP contribution < -0.4 is 5.32 Å². The average Bonchev–Trinajstić information content (AvgIpc) is 3.16. The maximum atomic E-state index is 11.8. The van der Waals surface area contributed by atoms with E-state index < -0.39 is 0 Å². The van der Waals surface area contributed by atoms with E-state index in [4.69, 9.17) is 0 Å². The van der Waals surface area contributed by atoms with E-state index in [2.05, 4.69) is 19.2 Å². The molecule has 3 nitrogen and oxygen atoms in total. The summed E-state index contributed by atoms with van der Waals surface area (Å²) in [6.45, 7) is 5.96. The summed E-state index contributed by atoms with van der Waals surface area (Å²) in [5.41, 5.74) is 0. The normalized spacial score (nSPS) is 16.9. The lowest BCUT2D eigenvalue weighted by Gasteiger charge is -2.19. The Morgan fingerprint density at radius 3 is 2.65 bits per heavy atom. The number of likely N-dealkylation sites (N-methyl/N-ethyl adjacent to an activating group) is 1. The highest BCUT2D eigenvalue weighted by molar-refractivity contribution is 5.78. The van der Waals surface area contributed by atoms with Crippen LogP contribution in [0.3, 0.4) is 0 Å². The van der Waals surface area contributed by atoms with E-state index in [1.54, 1.807) is 0 Å². The van der Waals surface area contributed by atoms with E-state index in [1.165, 1.54) is 38.5 Å². The number of amides is 1. The predicted octanol–water partition coefficient (Wildman–Crippen LogP) is 2.41. The minimum Gasteiger partial charge on any atom is -0.342 e. The molecule has 0 saturated heterocycles. The van der Waals surface area contributed by atoms with Crippen LogP contribution in [0.5, 0.6) is 0 Å². The molecule has 1 fully saturated rings. The third-order valence-corrected chi connectivity index (χ3v) is 3.74. The second-order valence-corrected chi connectivity index (χ2v) is 5.28. The van der Waals surface area contributed by atoms with E-state index in [1.807, 2.05) is 11.9 Å². The molecule has 0 aromatic rings. The first-order valence-electron chi connectivity index (χ1n) is 7.15. The zero-order valence-corrected chi connectivity index (χ0v) is 11.7. The van der Waals surface area contributed by atoms with E-state index in [0.29, 0.717) is 12.6 Å². The fourth-order valence-electron chi connectivity index (χ4n) is 2.12. The number of hydrogen-bond acceptors (Lipinski definition) is 2. The molecule has 17 heavy (non-hydrogen) atoms. The van der Waals surface area contributed by atoms with Crippen LogP contribution in [0.1, 0.15) is 52.4 Å². The highest BCUT2D eigenvalue weighted by Crippen LogP contribution is 2.25. The number of hydrogen-bond donors (Lipinski definition) is 1. The van der Waals surface area contributed by atoms with Gasteiger partial charge in [-0.25, -0.2) is 0 Å². The third kappa shape index (κ3) is 5.53. The van der Waals surface area contributed by atoms with Crippen LogP contribution in [0.2, 0.25) is 0 Å². The highest BCUT2D eigenvalue weighted by atomic mass is 16.2. The molecule has 100 valence electrons. The number of nitrogens with one attached hydrogen (secondary N) is 1. The Bertz CT molecular complexity index is 226. The Balaban J connectivity index is 2.09. The highest BCUT2D eigenvalue weighted by Gasteiger charge is 2.29. The molecular weight excluding hydrogens is 212 g/mol. The largest absolute Gasteiger partial charge is 0.342 e. The molecular formula is C14H28N2O. The van der Waals surface area contributed by atoms with Crippen LogP contribution >= 0.6 is 0 Å². The van der Waals surface area contributed by atoms with E-state index >= 15 is 0 Å². The predicted molar refractivity (Wildman–Crippen MR) is 72.0 cm³/mol. The minimum absolute atomic E-state index is 0.248. The third-order valence-electron chi connectivity index (χ3n) is 3.74. The summed E-state index contributed by atoms with van der Waals surface area (Å²) in [6, 6.07) is 0.534. The van der Waals surface area contributed by atoms with Crippen LogP contribution in [-0.4, -0.2) is 37.0 Å². The summed E-state index contributed by atoms with van der Waals surface area (Å²) >= 11 is 0. The number of unbranched alkanes of at least 4 members (excludes halogenated alkanes) is 1. The molecule has 0 heterocycles. The molecule has 1 N–H and O–H groups in total. The molecule has 1 saturated carbocycles. The summed E-state index contributed by atoms with van der Waals surface area (Å²) in [5.74, 6) is 0.979. The van der Waals surface area contributed by atoms with Crippen molar-refractivity contribution >= 4 is 5.91 Å². The molecule has 1 aliphatic carbocycles. The standard InChI is InChI=1S/C14H28N2O/c1-4-6-7-12(5-2)10-15-11-14(17)16(3)13-8-9-13/h12-13,15H,4-11H2,1-3H3. The molecule has 0 bridgehead atoms. The maximum absolute atomic E-state index is 11.8. The van der Waals surface area contributed by atoms with Crippen LogP contribution in [0, 0.1) is 5.92 Å². The zero-order chi connectivity index (χ0) is 12.7. The lowest BCUT2D eigenvalue weighted by molar-refractivity contribution is -0.129. The van der Waals surface area contributed by atoms with Crippen molar-refractivity contribution in [1.82, 2.24) is 10.2 Å². The average molecular weight is 240 g/mol. The van der Waals surface area contributed by atoms with Gasteiger partial charge in [0.1, 0.15) is 0 Å². The molecule has 0 aromatic heterocycles. The van der Waals surface area contributed by atoms with Gasteiger partial charge >= 0.3 is 0 Å². The first-order valence-corrected chi connectivity index (χ1v) is 7.15. The Kier molecular flexibility index (Phi) is 6.56. The lowest BCUT2D eigenvalue weighted by Crippen LogP contribution is -2.38. The topological polar surface area (TPSA) is 32.3 Å². The van der Waals surface area contributed by atoms with Crippen LogP contribution in [0.4, 0.5) is 0 Å². The van der Waals surface area contributed by atoms with Crippen molar-refractivity contribution in [2.45, 2.75) is 58.4 Å². The van der Waals surface area contributed by atoms with Crippen molar-refractivity contribution in [2.75, 3.05) is 20.1 Å². The van der Waals surface area contributed by atoms with Crippen LogP contribution in [-0.2, 0) is 4.79 Å². The van der Waals surface area contributed by atoms with Gasteiger partial charge in [-0.15, -0.1) is 0 Å². The molecule has 1 unspecified atom stereocenters. The van der Waals surface area contributed by atoms with Gasteiger partial charge in [0.2, 0.25) is 5.91 Å². The summed E-state index contributed by atoms with van der Waals surface area (Å²) < 4.78 is 0. The van der Waals surface area contributed by atoms with Gasteiger partial charge in [-0.05, 0) is 31.7 Å². The first-order chi connectivity index (χ1) is 8.19. The van der Waals surface area contributed by atoms with Crippen LogP contribution in [0.25, 0.3) is 0 Å². The monoisotopic (exact) mass is 240 g/mol. The first kappa shape index (κ1) is 14.5. The Hall–Kier alpha value is -0.570. The van der Waals surface area contributed by atoms with Gasteiger partial charge in [0.15, 0.2) is 0 Å². The SMILES string of the molecule is CCCCC(CC)CNCC(=O)N(C)C1CC1. The zero-order valence-electron chi connectivity index (χ0n) is 11.7. The summed E-state index contributed by atoms with van der Waals surface area (Å²) in [7, 11) is 1.93. The molecule has 0 radical (unpaired) electrons. The van der Waals surface area contributed by atoms with Crippen molar-refractivity contribution in [3.8, 4) is 0 Å². The van der Waals surface area contributed by atoms with E-state index in [0.717, 1.165) is 12.5 Å². The van der Waals surface area contributed by atoms with Crippen molar-refractivity contribution in [1.29, 1.82) is 0 Å². The fourth-order valence-corrected chi connectivity index (χ4v) is 2.12. The van der Waals surface area contributed by atoms with Gasteiger partial charge in [0, 0.05) is 13.1 Å². The van der Waals surface area contributed by atoms with Gasteiger partial charge in [0.05, 0.1) is 6.54 Å². The molecule has 1 aliphatic rings. The second-order valence-electron chi connectivity index (χ2n) is 5.28. The second kappa shape index (κ2) is 7.70. The smallest absolute Gasteiger partial charge is 0.236 e. The summed E-state index contributed by atoms with van der Waals surface area (Å²) in [4.78, 5) is 13.7. The molecule has 1 rings (SSSR count). The van der Waals surface area contributed by atoms with Gasteiger partial charge in [-0.2, -0.15) is 0 Å². The van der Waals surface area contributed by atoms with Gasteiger partial charge in [0.25, 0.3) is 0 Å². The van der Waals surface area contributed by atoms with Crippen molar-refractivity contribution in [2.24, 2.45) is 5.92 Å². The molecule has 1 amide bonds. The molecule has 0 aliphatic heterocycles. The van der Waals surface area contributed by atoms with Gasteiger partial charge in [-0.1, -0.05) is 33.1 Å². The van der Waals surface area contributed by atoms with Crippen LogP contribution in [0.15, 0.2) is 0 Å².